The first-order valence-corrected chi connectivity index (χ1v) is 5.83. The molecular formula is C11H19N3O3. The number of hydrogen-bond donors (Lipinski definition) is 1. The zero-order chi connectivity index (χ0) is 12.8. The Labute approximate surface area is 101 Å². The van der Waals surface area contributed by atoms with Crippen molar-refractivity contribution in [3.8, 4) is 0 Å². The number of rotatable bonds is 7. The summed E-state index contributed by atoms with van der Waals surface area (Å²) in [5.41, 5.74) is 0. The second-order valence-electron chi connectivity index (χ2n) is 4.03. The van der Waals surface area contributed by atoms with Gasteiger partial charge in [-0.25, -0.2) is 0 Å². The normalized spacial score (nSPS) is 12.9. The fraction of sp³-hybridized carbons (Fsp3) is 0.727. The highest BCUT2D eigenvalue weighted by atomic mass is 16.5. The zero-order valence-electron chi connectivity index (χ0n) is 10.5. The van der Waals surface area contributed by atoms with Gasteiger partial charge in [-0.1, -0.05) is 19.0 Å². The van der Waals surface area contributed by atoms with Gasteiger partial charge in [-0.15, -0.1) is 0 Å². The van der Waals surface area contributed by atoms with Crippen molar-refractivity contribution in [3.63, 3.8) is 0 Å². The summed E-state index contributed by atoms with van der Waals surface area (Å²) < 4.78 is 5.04. The van der Waals surface area contributed by atoms with Crippen LogP contribution in [0.5, 0.6) is 0 Å². The van der Waals surface area contributed by atoms with E-state index >= 15 is 0 Å². The minimum Gasteiger partial charge on any atom is -0.480 e. The Kier molecular flexibility index (Phi) is 5.09. The molecule has 0 spiro atoms. The topological polar surface area (TPSA) is 79.5 Å². The first-order valence-electron chi connectivity index (χ1n) is 5.83. The van der Waals surface area contributed by atoms with Crippen LogP contribution in [0.3, 0.4) is 0 Å². The summed E-state index contributed by atoms with van der Waals surface area (Å²) in [6, 6.07) is -0.511. The van der Waals surface area contributed by atoms with E-state index in [9.17, 15) is 4.79 Å². The molecule has 6 nitrogen and oxygen atoms in total. The van der Waals surface area contributed by atoms with E-state index in [4.69, 9.17) is 9.63 Å². The van der Waals surface area contributed by atoms with Crippen molar-refractivity contribution in [3.05, 3.63) is 11.7 Å². The maximum absolute atomic E-state index is 11.0. The molecule has 0 saturated heterocycles. The number of hydrogen-bond acceptors (Lipinski definition) is 5. The number of likely N-dealkylation sites (N-methyl/N-ethyl adjacent to an activating group) is 1. The summed E-state index contributed by atoms with van der Waals surface area (Å²) in [5.74, 6) is 0.321. The monoisotopic (exact) mass is 241 g/mol. The van der Waals surface area contributed by atoms with Crippen LogP contribution < -0.4 is 0 Å². The molecule has 1 aromatic rings. The first kappa shape index (κ1) is 13.6. The van der Waals surface area contributed by atoms with Crippen molar-refractivity contribution in [2.24, 2.45) is 0 Å². The van der Waals surface area contributed by atoms with Gasteiger partial charge in [-0.3, -0.25) is 9.69 Å². The van der Waals surface area contributed by atoms with Crippen molar-refractivity contribution >= 4 is 5.97 Å². The number of aromatic nitrogens is 2. The third-order valence-corrected chi connectivity index (χ3v) is 2.57. The standard InChI is InChI=1S/C11H19N3O3/c1-4-6-10-12-9(13-17-10)7-14(3)8(5-2)11(15)16/h8H,4-7H2,1-3H3,(H,15,16). The van der Waals surface area contributed by atoms with Crippen LogP contribution in [-0.4, -0.2) is 39.2 Å². The van der Waals surface area contributed by atoms with Gasteiger partial charge in [0.15, 0.2) is 5.82 Å². The number of aliphatic carboxylic acids is 1. The van der Waals surface area contributed by atoms with E-state index in [0.717, 1.165) is 12.8 Å². The van der Waals surface area contributed by atoms with Crippen molar-refractivity contribution in [1.29, 1.82) is 0 Å². The van der Waals surface area contributed by atoms with Crippen LogP contribution in [0.25, 0.3) is 0 Å². The molecule has 0 fully saturated rings. The Hall–Kier alpha value is -1.43. The molecule has 1 atom stereocenters. The lowest BCUT2D eigenvalue weighted by atomic mass is 10.2. The molecule has 0 aromatic carbocycles. The highest BCUT2D eigenvalue weighted by Crippen LogP contribution is 2.08. The van der Waals surface area contributed by atoms with Crippen molar-refractivity contribution < 1.29 is 14.4 Å². The third kappa shape index (κ3) is 3.81. The van der Waals surface area contributed by atoms with E-state index in [1.165, 1.54) is 0 Å². The Balaban J connectivity index is 2.59. The molecule has 0 bridgehead atoms. The fourth-order valence-corrected chi connectivity index (χ4v) is 1.68. The summed E-state index contributed by atoms with van der Waals surface area (Å²) in [6.07, 6.45) is 2.25. The molecule has 0 aliphatic rings. The Morgan fingerprint density at radius 2 is 2.24 bits per heavy atom. The average molecular weight is 241 g/mol. The first-order chi connectivity index (χ1) is 8.08. The van der Waals surface area contributed by atoms with Gasteiger partial charge in [-0.2, -0.15) is 4.98 Å². The number of nitrogens with zero attached hydrogens (tertiary/aromatic N) is 3. The van der Waals surface area contributed by atoms with E-state index in [0.29, 0.717) is 24.7 Å². The van der Waals surface area contributed by atoms with Crippen LogP contribution >= 0.6 is 0 Å². The Bertz CT molecular complexity index is 365. The van der Waals surface area contributed by atoms with Crippen molar-refractivity contribution in [2.75, 3.05) is 7.05 Å². The molecule has 0 radical (unpaired) electrons. The lowest BCUT2D eigenvalue weighted by Gasteiger charge is -2.21. The summed E-state index contributed by atoms with van der Waals surface area (Å²) >= 11 is 0. The van der Waals surface area contributed by atoms with Crippen molar-refractivity contribution in [2.45, 2.75) is 45.7 Å². The maximum atomic E-state index is 11.0. The molecular weight excluding hydrogens is 222 g/mol. The summed E-state index contributed by atoms with van der Waals surface area (Å²) in [6.45, 7) is 4.26. The van der Waals surface area contributed by atoms with Crippen LogP contribution in [-0.2, 0) is 17.8 Å². The third-order valence-electron chi connectivity index (χ3n) is 2.57. The summed E-state index contributed by atoms with van der Waals surface area (Å²) in [5, 5.41) is 12.8. The number of carbonyl (C=O) groups is 1. The van der Waals surface area contributed by atoms with Crippen molar-refractivity contribution in [1.82, 2.24) is 15.0 Å². The van der Waals surface area contributed by atoms with Gasteiger partial charge in [0, 0.05) is 6.42 Å². The SMILES string of the molecule is CCCc1nc(CN(C)C(CC)C(=O)O)no1. The Morgan fingerprint density at radius 3 is 2.76 bits per heavy atom. The second-order valence-corrected chi connectivity index (χ2v) is 4.03. The highest BCUT2D eigenvalue weighted by Gasteiger charge is 2.21. The van der Waals surface area contributed by atoms with Gasteiger partial charge >= 0.3 is 5.97 Å². The molecule has 1 N–H and O–H groups in total. The molecule has 0 aliphatic heterocycles. The minimum absolute atomic E-state index is 0.387. The quantitative estimate of drug-likeness (QED) is 0.775. The molecule has 0 saturated carbocycles. The zero-order valence-corrected chi connectivity index (χ0v) is 10.5. The van der Waals surface area contributed by atoms with Gasteiger partial charge in [0.1, 0.15) is 6.04 Å². The predicted octanol–water partition coefficient (Wildman–Crippen LogP) is 1.32. The van der Waals surface area contributed by atoms with Crippen LogP contribution in [0, 0.1) is 0 Å². The molecule has 0 aliphatic carbocycles. The number of carboxylic acids is 1. The van der Waals surface area contributed by atoms with Gasteiger partial charge < -0.3 is 9.63 Å². The molecule has 1 rings (SSSR count). The Morgan fingerprint density at radius 1 is 1.53 bits per heavy atom. The molecule has 0 amide bonds. The fourth-order valence-electron chi connectivity index (χ4n) is 1.68. The van der Waals surface area contributed by atoms with Gasteiger partial charge in [0.2, 0.25) is 5.89 Å². The maximum Gasteiger partial charge on any atom is 0.320 e. The molecule has 1 heterocycles. The second kappa shape index (κ2) is 6.34. The smallest absolute Gasteiger partial charge is 0.320 e. The largest absolute Gasteiger partial charge is 0.480 e. The van der Waals surface area contributed by atoms with E-state index in [1.54, 1.807) is 11.9 Å². The van der Waals surface area contributed by atoms with Crippen LogP contribution in [0.2, 0.25) is 0 Å². The van der Waals surface area contributed by atoms with E-state index in [1.807, 2.05) is 13.8 Å². The minimum atomic E-state index is -0.827. The average Bonchev–Trinajstić information content (AvgIpc) is 2.66. The summed E-state index contributed by atoms with van der Waals surface area (Å²) in [7, 11) is 1.75. The lowest BCUT2D eigenvalue weighted by Crippen LogP contribution is -2.37. The highest BCUT2D eigenvalue weighted by molar-refractivity contribution is 5.73. The lowest BCUT2D eigenvalue weighted by molar-refractivity contribution is -0.143. The molecule has 1 aromatic heterocycles. The molecule has 6 heteroatoms. The van der Waals surface area contributed by atoms with Crippen LogP contribution in [0.4, 0.5) is 0 Å². The van der Waals surface area contributed by atoms with Gasteiger partial charge in [0.05, 0.1) is 6.54 Å². The number of aryl methyl sites for hydroxylation is 1. The van der Waals surface area contributed by atoms with Crippen LogP contribution in [0.1, 0.15) is 38.4 Å². The van der Waals surface area contributed by atoms with Crippen LogP contribution in [0.15, 0.2) is 4.52 Å². The molecule has 96 valence electrons. The molecule has 1 unspecified atom stereocenters. The molecule has 17 heavy (non-hydrogen) atoms. The number of carboxylic acid groups (broad SMARTS) is 1. The van der Waals surface area contributed by atoms with E-state index < -0.39 is 12.0 Å². The summed E-state index contributed by atoms with van der Waals surface area (Å²) in [4.78, 5) is 16.9. The predicted molar refractivity (Wildman–Crippen MR) is 61.5 cm³/mol. The van der Waals surface area contributed by atoms with E-state index in [2.05, 4.69) is 10.1 Å². The van der Waals surface area contributed by atoms with Gasteiger partial charge in [0.25, 0.3) is 0 Å². The van der Waals surface area contributed by atoms with E-state index in [-0.39, 0.29) is 0 Å². The van der Waals surface area contributed by atoms with Gasteiger partial charge in [-0.05, 0) is 19.9 Å².